The minimum absolute atomic E-state index is 0.267. The molecule has 0 N–H and O–H groups in total. The molecule has 2 heterocycles. The van der Waals surface area contributed by atoms with Crippen molar-refractivity contribution in [2.75, 3.05) is 6.61 Å². The van der Waals surface area contributed by atoms with Gasteiger partial charge in [-0.05, 0) is 6.92 Å². The van der Waals surface area contributed by atoms with Crippen LogP contribution in [0.1, 0.15) is 6.92 Å². The third-order valence-electron chi connectivity index (χ3n) is 2.82. The molecule has 21 heavy (non-hydrogen) atoms. The van der Waals surface area contributed by atoms with E-state index in [1.165, 1.54) is 10.5 Å². The Labute approximate surface area is 123 Å². The zero-order valence-electron chi connectivity index (χ0n) is 11.1. The van der Waals surface area contributed by atoms with Gasteiger partial charge in [0.1, 0.15) is 4.53 Å². The molecule has 0 saturated heterocycles. The van der Waals surface area contributed by atoms with Gasteiger partial charge in [-0.25, -0.2) is 9.20 Å². The van der Waals surface area contributed by atoms with Crippen LogP contribution >= 0.6 is 11.3 Å². The fourth-order valence-corrected chi connectivity index (χ4v) is 2.80. The predicted molar refractivity (Wildman–Crippen MR) is 78.9 cm³/mol. The maximum Gasteiger partial charge on any atom is 0.332 e. The van der Waals surface area contributed by atoms with Crippen LogP contribution in [0.2, 0.25) is 0 Å². The number of thiazole rings is 1. The van der Waals surface area contributed by atoms with Crippen LogP contribution in [0.5, 0.6) is 0 Å². The number of fused-ring (bicyclic) bond motifs is 1. The van der Waals surface area contributed by atoms with Gasteiger partial charge in [0.05, 0.1) is 6.61 Å². The average Bonchev–Trinajstić information content (AvgIpc) is 3.02. The number of benzene rings is 1. The average molecular weight is 301 g/mol. The van der Waals surface area contributed by atoms with Crippen molar-refractivity contribution in [3.05, 3.63) is 45.2 Å². The highest BCUT2D eigenvalue weighted by atomic mass is 32.1. The van der Waals surface area contributed by atoms with Gasteiger partial charge in [-0.3, -0.25) is 4.79 Å². The summed E-state index contributed by atoms with van der Waals surface area (Å²) in [4.78, 5) is 24.3. The smallest absolute Gasteiger partial charge is 0.332 e. The van der Waals surface area contributed by atoms with E-state index in [9.17, 15) is 9.59 Å². The van der Waals surface area contributed by atoms with Crippen LogP contribution in [-0.2, 0) is 9.53 Å². The Morgan fingerprint density at radius 1 is 1.33 bits per heavy atom. The summed E-state index contributed by atoms with van der Waals surface area (Å²) in [6, 6.07) is 9.30. The van der Waals surface area contributed by atoms with E-state index in [0.717, 1.165) is 16.9 Å². The Balaban J connectivity index is 2.18. The third-order valence-corrected chi connectivity index (χ3v) is 3.78. The number of aromatic nitrogens is 3. The van der Waals surface area contributed by atoms with E-state index in [2.05, 4.69) is 10.2 Å². The molecule has 0 aliphatic carbocycles. The highest BCUT2D eigenvalue weighted by Crippen LogP contribution is 2.16. The van der Waals surface area contributed by atoms with Crippen molar-refractivity contribution in [2.45, 2.75) is 6.92 Å². The first-order valence-corrected chi connectivity index (χ1v) is 7.14. The van der Waals surface area contributed by atoms with Crippen LogP contribution in [0.25, 0.3) is 22.4 Å². The minimum Gasteiger partial charge on any atom is -0.463 e. The number of rotatable bonds is 3. The van der Waals surface area contributed by atoms with Crippen LogP contribution in [0.4, 0.5) is 0 Å². The van der Waals surface area contributed by atoms with E-state index < -0.39 is 5.97 Å². The number of esters is 1. The first kappa shape index (κ1) is 13.4. The molecule has 0 spiro atoms. The molecule has 0 saturated carbocycles. The lowest BCUT2D eigenvalue weighted by Gasteiger charge is -1.95. The normalized spacial score (nSPS) is 12.0. The minimum atomic E-state index is -0.534. The lowest BCUT2D eigenvalue weighted by molar-refractivity contribution is -0.135. The molecule has 0 bridgehead atoms. The molecular weight excluding hydrogens is 290 g/mol. The number of carbonyl (C=O) groups excluding carboxylic acids is 1. The summed E-state index contributed by atoms with van der Waals surface area (Å²) in [7, 11) is 0. The number of ether oxygens (including phenoxy) is 1. The van der Waals surface area contributed by atoms with E-state index in [4.69, 9.17) is 4.74 Å². The van der Waals surface area contributed by atoms with Crippen molar-refractivity contribution in [1.29, 1.82) is 0 Å². The van der Waals surface area contributed by atoms with E-state index >= 15 is 0 Å². The quantitative estimate of drug-likeness (QED) is 0.671. The highest BCUT2D eigenvalue weighted by molar-refractivity contribution is 7.15. The summed E-state index contributed by atoms with van der Waals surface area (Å²) in [6.07, 6.45) is 1.19. The Kier molecular flexibility index (Phi) is 3.49. The topological polar surface area (TPSA) is 73.6 Å². The molecular formula is C14H11N3O3S. The predicted octanol–water partition coefficient (Wildman–Crippen LogP) is 0.880. The van der Waals surface area contributed by atoms with E-state index in [1.54, 1.807) is 6.92 Å². The van der Waals surface area contributed by atoms with Crippen molar-refractivity contribution in [1.82, 2.24) is 14.6 Å². The van der Waals surface area contributed by atoms with Gasteiger partial charge in [0, 0.05) is 11.6 Å². The summed E-state index contributed by atoms with van der Waals surface area (Å²) < 4.78 is 6.51. The van der Waals surface area contributed by atoms with Gasteiger partial charge >= 0.3 is 5.97 Å². The molecule has 0 fully saturated rings. The SMILES string of the molecule is CCOC(=O)/C=c1/sc2nnc(-c3ccccc3)n2c1=O. The van der Waals surface area contributed by atoms with Crippen LogP contribution in [0, 0.1) is 0 Å². The lowest BCUT2D eigenvalue weighted by atomic mass is 10.2. The summed E-state index contributed by atoms with van der Waals surface area (Å²) in [5.74, 6) is -0.0660. The molecule has 0 atom stereocenters. The first-order chi connectivity index (χ1) is 10.2. The number of carbonyl (C=O) groups is 1. The second-order valence-corrected chi connectivity index (χ2v) is 5.18. The zero-order chi connectivity index (χ0) is 14.8. The van der Waals surface area contributed by atoms with Gasteiger partial charge in [-0.15, -0.1) is 10.2 Å². The molecule has 0 unspecified atom stereocenters. The van der Waals surface area contributed by atoms with Crippen LogP contribution in [0.3, 0.4) is 0 Å². The first-order valence-electron chi connectivity index (χ1n) is 6.32. The van der Waals surface area contributed by atoms with Crippen molar-refractivity contribution >= 4 is 28.3 Å². The van der Waals surface area contributed by atoms with Crippen molar-refractivity contribution in [3.8, 4) is 11.4 Å². The molecule has 0 aliphatic rings. The van der Waals surface area contributed by atoms with E-state index in [-0.39, 0.29) is 16.7 Å². The largest absolute Gasteiger partial charge is 0.463 e. The summed E-state index contributed by atoms with van der Waals surface area (Å²) in [6.45, 7) is 1.98. The molecule has 1 aromatic carbocycles. The fourth-order valence-electron chi connectivity index (χ4n) is 1.93. The second kappa shape index (κ2) is 5.45. The molecule has 106 valence electrons. The Morgan fingerprint density at radius 2 is 2.10 bits per heavy atom. The van der Waals surface area contributed by atoms with Crippen molar-refractivity contribution in [2.24, 2.45) is 0 Å². The Hall–Kier alpha value is -2.54. The third kappa shape index (κ3) is 2.43. The lowest BCUT2D eigenvalue weighted by Crippen LogP contribution is -2.25. The number of nitrogens with zero attached hydrogens (tertiary/aromatic N) is 3. The van der Waals surface area contributed by atoms with Gasteiger partial charge in [-0.2, -0.15) is 0 Å². The Bertz CT molecular complexity index is 899. The summed E-state index contributed by atoms with van der Waals surface area (Å²) in [5, 5.41) is 8.03. The number of hydrogen-bond acceptors (Lipinski definition) is 6. The maximum absolute atomic E-state index is 12.4. The molecule has 0 amide bonds. The second-order valence-electron chi connectivity index (χ2n) is 4.18. The van der Waals surface area contributed by atoms with E-state index in [1.807, 2.05) is 30.3 Å². The van der Waals surface area contributed by atoms with Crippen LogP contribution in [0.15, 0.2) is 35.1 Å². The molecule has 6 nitrogen and oxygen atoms in total. The molecule has 0 radical (unpaired) electrons. The molecule has 2 aromatic heterocycles. The van der Waals surface area contributed by atoms with E-state index in [0.29, 0.717) is 10.8 Å². The molecule has 3 aromatic rings. The van der Waals surface area contributed by atoms with Gasteiger partial charge in [0.25, 0.3) is 5.56 Å². The molecule has 0 aliphatic heterocycles. The van der Waals surface area contributed by atoms with Crippen LogP contribution in [-0.4, -0.2) is 27.2 Å². The fraction of sp³-hybridized carbons (Fsp3) is 0.143. The summed E-state index contributed by atoms with van der Waals surface area (Å²) >= 11 is 1.11. The van der Waals surface area contributed by atoms with Gasteiger partial charge < -0.3 is 4.74 Å². The van der Waals surface area contributed by atoms with Crippen molar-refractivity contribution in [3.63, 3.8) is 0 Å². The van der Waals surface area contributed by atoms with Gasteiger partial charge in [0.2, 0.25) is 4.96 Å². The van der Waals surface area contributed by atoms with Gasteiger partial charge in [-0.1, -0.05) is 41.7 Å². The zero-order valence-corrected chi connectivity index (χ0v) is 12.0. The van der Waals surface area contributed by atoms with Crippen molar-refractivity contribution < 1.29 is 9.53 Å². The maximum atomic E-state index is 12.4. The number of hydrogen-bond donors (Lipinski definition) is 0. The molecule has 3 rings (SSSR count). The standard InChI is InChI=1S/C14H11N3O3S/c1-2-20-11(18)8-10-13(19)17-12(15-16-14(17)21-10)9-6-4-3-5-7-9/h3-8H,2H2,1H3/b10-8+. The monoisotopic (exact) mass is 301 g/mol. The highest BCUT2D eigenvalue weighted by Gasteiger charge is 2.14. The molecule has 7 heteroatoms. The van der Waals surface area contributed by atoms with Crippen LogP contribution < -0.4 is 10.1 Å². The summed E-state index contributed by atoms with van der Waals surface area (Å²) in [5.41, 5.74) is 0.481. The van der Waals surface area contributed by atoms with Gasteiger partial charge in [0.15, 0.2) is 5.82 Å². The Morgan fingerprint density at radius 3 is 2.81 bits per heavy atom.